The molecule has 0 amide bonds. The molecular formula is C16H28N4O. The van der Waals surface area contributed by atoms with Crippen molar-refractivity contribution in [1.29, 1.82) is 0 Å². The maximum Gasteiger partial charge on any atom is 0.240 e. The van der Waals surface area contributed by atoms with Crippen molar-refractivity contribution in [3.63, 3.8) is 0 Å². The van der Waals surface area contributed by atoms with Crippen LogP contribution in [0, 0.1) is 5.92 Å². The molecule has 1 aromatic rings. The number of hydrogen-bond acceptors (Lipinski definition) is 5. The molecule has 1 aliphatic carbocycles. The fourth-order valence-electron chi connectivity index (χ4n) is 3.14. The van der Waals surface area contributed by atoms with Crippen LogP contribution in [0.25, 0.3) is 0 Å². The number of nitrogens with one attached hydrogen (secondary N) is 1. The van der Waals surface area contributed by atoms with Crippen LogP contribution >= 0.6 is 0 Å². The second kappa shape index (κ2) is 7.36. The van der Waals surface area contributed by atoms with Crippen LogP contribution in [0.15, 0.2) is 4.52 Å². The smallest absolute Gasteiger partial charge is 0.240 e. The van der Waals surface area contributed by atoms with Crippen LogP contribution in [0.4, 0.5) is 0 Å². The molecule has 2 heterocycles. The molecule has 0 radical (unpaired) electrons. The summed E-state index contributed by atoms with van der Waals surface area (Å²) in [5, 5.41) is 7.56. The van der Waals surface area contributed by atoms with Gasteiger partial charge in [-0.1, -0.05) is 18.5 Å². The largest absolute Gasteiger partial charge is 0.338 e. The Labute approximate surface area is 127 Å². The van der Waals surface area contributed by atoms with Crippen molar-refractivity contribution in [2.75, 3.05) is 19.6 Å². The van der Waals surface area contributed by atoms with Crippen molar-refractivity contribution in [3.8, 4) is 0 Å². The van der Waals surface area contributed by atoms with Gasteiger partial charge in [-0.25, -0.2) is 0 Å². The predicted octanol–water partition coefficient (Wildman–Crippen LogP) is 2.38. The number of aromatic nitrogens is 2. The molecule has 3 rings (SSSR count). The lowest BCUT2D eigenvalue weighted by Crippen LogP contribution is -2.37. The van der Waals surface area contributed by atoms with Crippen molar-refractivity contribution in [2.45, 2.75) is 64.5 Å². The lowest BCUT2D eigenvalue weighted by Gasteiger charge is -2.29. The average Bonchev–Trinajstić information content (AvgIpc) is 3.27. The molecule has 0 unspecified atom stereocenters. The highest BCUT2D eigenvalue weighted by atomic mass is 16.5. The minimum absolute atomic E-state index is 0.755. The zero-order chi connectivity index (χ0) is 14.5. The molecule has 118 valence electrons. The highest BCUT2D eigenvalue weighted by Crippen LogP contribution is 2.30. The molecule has 0 spiro atoms. The van der Waals surface area contributed by atoms with Crippen molar-refractivity contribution in [3.05, 3.63) is 11.7 Å². The number of aryl methyl sites for hydroxylation is 1. The molecule has 5 heteroatoms. The fraction of sp³-hybridized carbons (Fsp3) is 0.875. The second-order valence-electron chi connectivity index (χ2n) is 6.56. The Morgan fingerprint density at radius 1 is 1.24 bits per heavy atom. The third-order valence-corrected chi connectivity index (χ3v) is 4.62. The van der Waals surface area contributed by atoms with E-state index in [2.05, 4.69) is 27.3 Å². The van der Waals surface area contributed by atoms with Crippen LogP contribution in [0.1, 0.15) is 57.2 Å². The molecule has 1 N–H and O–H groups in total. The molecule has 2 fully saturated rings. The highest BCUT2D eigenvalue weighted by molar-refractivity contribution is 4.92. The lowest BCUT2D eigenvalue weighted by atomic mass is 9.97. The van der Waals surface area contributed by atoms with E-state index < -0.39 is 0 Å². The van der Waals surface area contributed by atoms with E-state index in [4.69, 9.17) is 4.52 Å². The predicted molar refractivity (Wildman–Crippen MR) is 81.9 cm³/mol. The first-order valence-electron chi connectivity index (χ1n) is 8.61. The number of rotatable bonds is 8. The van der Waals surface area contributed by atoms with E-state index >= 15 is 0 Å². The van der Waals surface area contributed by atoms with Crippen molar-refractivity contribution < 1.29 is 4.52 Å². The van der Waals surface area contributed by atoms with Gasteiger partial charge in [-0.2, -0.15) is 4.98 Å². The summed E-state index contributed by atoms with van der Waals surface area (Å²) in [6, 6.07) is 0.755. The Morgan fingerprint density at radius 2 is 2.05 bits per heavy atom. The summed E-state index contributed by atoms with van der Waals surface area (Å²) in [6.45, 7) is 6.57. The van der Waals surface area contributed by atoms with Gasteiger partial charge in [0, 0.05) is 19.0 Å². The molecule has 5 nitrogen and oxygen atoms in total. The van der Waals surface area contributed by atoms with Crippen LogP contribution < -0.4 is 5.32 Å². The number of piperidine rings is 1. The summed E-state index contributed by atoms with van der Waals surface area (Å²) >= 11 is 0. The third-order valence-electron chi connectivity index (χ3n) is 4.62. The maximum absolute atomic E-state index is 5.44. The van der Waals surface area contributed by atoms with Crippen LogP contribution in [0.5, 0.6) is 0 Å². The minimum Gasteiger partial charge on any atom is -0.338 e. The van der Waals surface area contributed by atoms with E-state index in [9.17, 15) is 0 Å². The summed E-state index contributed by atoms with van der Waals surface area (Å²) in [4.78, 5) is 7.14. The molecule has 1 aliphatic heterocycles. The summed E-state index contributed by atoms with van der Waals surface area (Å²) in [6.07, 6.45) is 8.53. The van der Waals surface area contributed by atoms with Crippen LogP contribution in [0.3, 0.4) is 0 Å². The van der Waals surface area contributed by atoms with Gasteiger partial charge in [-0.3, -0.25) is 4.90 Å². The van der Waals surface area contributed by atoms with Gasteiger partial charge in [0.25, 0.3) is 0 Å². The third kappa shape index (κ3) is 4.51. The summed E-state index contributed by atoms with van der Waals surface area (Å²) in [5.41, 5.74) is 0. The van der Waals surface area contributed by atoms with E-state index in [0.717, 1.165) is 43.1 Å². The quantitative estimate of drug-likeness (QED) is 0.797. The fourth-order valence-corrected chi connectivity index (χ4v) is 3.14. The van der Waals surface area contributed by atoms with Crippen molar-refractivity contribution >= 4 is 0 Å². The molecule has 1 aromatic heterocycles. The first-order valence-corrected chi connectivity index (χ1v) is 8.61. The van der Waals surface area contributed by atoms with Gasteiger partial charge in [0.2, 0.25) is 5.89 Å². The van der Waals surface area contributed by atoms with E-state index in [0.29, 0.717) is 0 Å². The van der Waals surface area contributed by atoms with Gasteiger partial charge in [-0.15, -0.1) is 0 Å². The monoisotopic (exact) mass is 292 g/mol. The van der Waals surface area contributed by atoms with Gasteiger partial charge in [0.05, 0.1) is 6.54 Å². The Balaban J connectivity index is 1.53. The zero-order valence-electron chi connectivity index (χ0n) is 13.2. The number of hydrogen-bond donors (Lipinski definition) is 1. The Hall–Kier alpha value is -0.940. The van der Waals surface area contributed by atoms with Gasteiger partial charge in [-0.05, 0) is 51.1 Å². The molecule has 21 heavy (non-hydrogen) atoms. The summed E-state index contributed by atoms with van der Waals surface area (Å²) in [7, 11) is 0. The number of unbranched alkanes of at least 4 members (excludes halogenated alkanes) is 1. The number of nitrogens with zero attached hydrogens (tertiary/aromatic N) is 3. The first kappa shape index (κ1) is 15.0. The maximum atomic E-state index is 5.44. The SMILES string of the molecule is CCCCc1noc(CN(CC2CCNCC2)C2CC2)n1. The topological polar surface area (TPSA) is 54.2 Å². The van der Waals surface area contributed by atoms with E-state index in [1.807, 2.05) is 0 Å². The Bertz CT molecular complexity index is 424. The van der Waals surface area contributed by atoms with Crippen LogP contribution in [-0.2, 0) is 13.0 Å². The van der Waals surface area contributed by atoms with Crippen molar-refractivity contribution in [2.24, 2.45) is 5.92 Å². The Morgan fingerprint density at radius 3 is 2.76 bits per heavy atom. The van der Waals surface area contributed by atoms with E-state index in [1.165, 1.54) is 51.7 Å². The molecule has 1 saturated carbocycles. The summed E-state index contributed by atoms with van der Waals surface area (Å²) < 4.78 is 5.44. The van der Waals surface area contributed by atoms with Gasteiger partial charge < -0.3 is 9.84 Å². The minimum atomic E-state index is 0.755. The molecular weight excluding hydrogens is 264 g/mol. The molecule has 0 bridgehead atoms. The lowest BCUT2D eigenvalue weighted by molar-refractivity contribution is 0.170. The normalized spacial score (nSPS) is 20.3. The second-order valence-corrected chi connectivity index (χ2v) is 6.56. The molecule has 0 atom stereocenters. The van der Waals surface area contributed by atoms with Crippen molar-refractivity contribution in [1.82, 2.24) is 20.4 Å². The average molecular weight is 292 g/mol. The zero-order valence-corrected chi connectivity index (χ0v) is 13.2. The molecule has 0 aromatic carbocycles. The summed E-state index contributed by atoms with van der Waals surface area (Å²) in [5.74, 6) is 2.51. The van der Waals surface area contributed by atoms with Gasteiger partial charge in [0.1, 0.15) is 0 Å². The highest BCUT2D eigenvalue weighted by Gasteiger charge is 2.32. The van der Waals surface area contributed by atoms with E-state index in [1.54, 1.807) is 0 Å². The van der Waals surface area contributed by atoms with E-state index in [-0.39, 0.29) is 0 Å². The Kier molecular flexibility index (Phi) is 5.25. The van der Waals surface area contributed by atoms with Gasteiger partial charge >= 0.3 is 0 Å². The molecule has 2 aliphatic rings. The standard InChI is InChI=1S/C16H28N4O/c1-2-3-4-15-18-16(21-19-15)12-20(14-5-6-14)11-13-7-9-17-10-8-13/h13-14,17H,2-12H2,1H3. The van der Waals surface area contributed by atoms with Crippen LogP contribution in [-0.4, -0.2) is 40.7 Å². The van der Waals surface area contributed by atoms with Gasteiger partial charge in [0.15, 0.2) is 5.82 Å². The molecule has 1 saturated heterocycles. The van der Waals surface area contributed by atoms with Crippen LogP contribution in [0.2, 0.25) is 0 Å². The first-order chi connectivity index (χ1) is 10.3.